The average molecular weight is 315 g/mol. The Morgan fingerprint density at radius 2 is 1.87 bits per heavy atom. The maximum Gasteiger partial charge on any atom is 0.525 e. The number of aromatic nitrogens is 3. The molecule has 0 spiro atoms. The number of halogens is 1. The predicted molar refractivity (Wildman–Crippen MR) is 87.0 cm³/mol. The van der Waals surface area contributed by atoms with E-state index in [9.17, 15) is 4.39 Å². The molecule has 1 saturated heterocycles. The van der Waals surface area contributed by atoms with Crippen LogP contribution in [0.1, 0.15) is 33.4 Å². The normalized spacial score (nSPS) is 20.0. The Balaban J connectivity index is 1.79. The summed E-state index contributed by atoms with van der Waals surface area (Å²) in [7, 11) is -1.01. The van der Waals surface area contributed by atoms with E-state index < -0.39 is 24.0 Å². The molecule has 0 bridgehead atoms. The fourth-order valence-corrected chi connectivity index (χ4v) is 2.23. The van der Waals surface area contributed by atoms with Crippen LogP contribution in [0.2, 0.25) is 0 Å². The summed E-state index contributed by atoms with van der Waals surface area (Å²) in [6.07, 6.45) is 3.02. The van der Waals surface area contributed by atoms with Gasteiger partial charge in [0.2, 0.25) is 0 Å². The van der Waals surface area contributed by atoms with Crippen LogP contribution >= 0.6 is 0 Å². The van der Waals surface area contributed by atoms with E-state index in [1.54, 1.807) is 12.3 Å². The Morgan fingerprint density at radius 3 is 2.48 bits per heavy atom. The van der Waals surface area contributed by atoms with Gasteiger partial charge in [-0.3, -0.25) is 10.1 Å². The molecule has 0 radical (unpaired) electrons. The highest BCUT2D eigenvalue weighted by Crippen LogP contribution is 2.39. The van der Waals surface area contributed by atoms with Crippen LogP contribution in [0.4, 0.5) is 4.39 Å². The lowest BCUT2D eigenvalue weighted by molar-refractivity contribution is 0.00578. The van der Waals surface area contributed by atoms with Crippen LogP contribution in [0, 0.1) is 0 Å². The smallest absolute Gasteiger partial charge is 0.398 e. The van der Waals surface area contributed by atoms with Crippen LogP contribution in [0.3, 0.4) is 0 Å². The third-order valence-electron chi connectivity index (χ3n) is 4.30. The first kappa shape index (κ1) is 15.9. The number of H-pyrrole nitrogens is 1. The molecule has 0 aromatic carbocycles. The molecule has 1 aliphatic rings. The number of aromatic amines is 1. The van der Waals surface area contributed by atoms with Crippen molar-refractivity contribution in [3.63, 3.8) is 0 Å². The number of pyridine rings is 1. The summed E-state index contributed by atoms with van der Waals surface area (Å²) in [5.74, 6) is 0. The zero-order valence-electron chi connectivity index (χ0n) is 13.6. The van der Waals surface area contributed by atoms with Gasteiger partial charge >= 0.3 is 7.12 Å². The highest BCUT2D eigenvalue weighted by molar-refractivity contribution is 6.54. The lowest BCUT2D eigenvalue weighted by Crippen LogP contribution is -2.41. The van der Waals surface area contributed by atoms with Gasteiger partial charge in [-0.1, -0.05) is 6.07 Å². The number of hydrogen-bond donors (Lipinski definition) is 1. The van der Waals surface area contributed by atoms with Crippen molar-refractivity contribution >= 4 is 13.2 Å². The summed E-state index contributed by atoms with van der Waals surface area (Å²) in [6, 6.07) is 7.27. The van der Waals surface area contributed by atoms with Crippen molar-refractivity contribution < 1.29 is 13.7 Å². The lowest BCUT2D eigenvalue weighted by atomic mass is 9.87. The molecule has 1 N–H and O–H groups in total. The third-order valence-corrected chi connectivity index (χ3v) is 4.30. The monoisotopic (exact) mass is 315 g/mol. The quantitative estimate of drug-likeness (QED) is 0.882. The van der Waals surface area contributed by atoms with Crippen molar-refractivity contribution in [3.8, 4) is 11.4 Å². The Labute approximate surface area is 135 Å². The van der Waals surface area contributed by atoms with Crippen LogP contribution < -0.4 is 0 Å². The standard InChI is InChI=1S/C16H19BFN3O2/c1-15(2)16(3,4)23-17(22-15)14(18)10-11-9-13(21-20-11)12-7-5-6-8-19-12/h5-10H,1-4H3,(H,20,21). The lowest BCUT2D eigenvalue weighted by Gasteiger charge is -2.32. The Bertz CT molecular complexity index is 712. The van der Waals surface area contributed by atoms with Gasteiger partial charge in [-0.25, -0.2) is 4.39 Å². The van der Waals surface area contributed by atoms with Crippen molar-refractivity contribution in [2.75, 3.05) is 0 Å². The van der Waals surface area contributed by atoms with E-state index in [1.165, 1.54) is 6.08 Å². The van der Waals surface area contributed by atoms with Crippen LogP contribution in [-0.2, 0) is 9.31 Å². The van der Waals surface area contributed by atoms with Crippen LogP contribution in [0.15, 0.2) is 36.2 Å². The van der Waals surface area contributed by atoms with Crippen molar-refractivity contribution in [1.29, 1.82) is 0 Å². The van der Waals surface area contributed by atoms with Crippen LogP contribution in [-0.4, -0.2) is 33.5 Å². The maximum atomic E-state index is 14.4. The van der Waals surface area contributed by atoms with Gasteiger partial charge in [0.15, 0.2) is 0 Å². The molecule has 1 fully saturated rings. The molecular weight excluding hydrogens is 296 g/mol. The fraction of sp³-hybridized carbons (Fsp3) is 0.375. The zero-order valence-corrected chi connectivity index (χ0v) is 13.6. The average Bonchev–Trinajstić information content (AvgIpc) is 3.03. The van der Waals surface area contributed by atoms with Crippen LogP contribution in [0.5, 0.6) is 0 Å². The number of hydrogen-bond acceptors (Lipinski definition) is 4. The van der Waals surface area contributed by atoms with E-state index in [1.807, 2.05) is 45.9 Å². The summed E-state index contributed by atoms with van der Waals surface area (Å²) in [5, 5.41) is 6.93. The van der Waals surface area contributed by atoms with Gasteiger partial charge in [0.1, 0.15) is 11.4 Å². The van der Waals surface area contributed by atoms with Gasteiger partial charge < -0.3 is 9.31 Å². The van der Waals surface area contributed by atoms with Gasteiger partial charge in [0, 0.05) is 6.20 Å². The Morgan fingerprint density at radius 1 is 1.17 bits per heavy atom. The molecule has 0 atom stereocenters. The van der Waals surface area contributed by atoms with Gasteiger partial charge in [0.05, 0.1) is 22.6 Å². The summed E-state index contributed by atoms with van der Waals surface area (Å²) in [5.41, 5.74) is 0.252. The molecule has 0 amide bonds. The third kappa shape index (κ3) is 3.07. The predicted octanol–water partition coefficient (Wildman–Crippen LogP) is 3.41. The fourth-order valence-electron chi connectivity index (χ4n) is 2.23. The second-order valence-electron chi connectivity index (χ2n) is 6.54. The molecule has 0 saturated carbocycles. The van der Waals surface area contributed by atoms with E-state index in [0.717, 1.165) is 5.69 Å². The second-order valence-corrected chi connectivity index (χ2v) is 6.54. The minimum absolute atomic E-state index is 0.500. The molecule has 1 aliphatic heterocycles. The van der Waals surface area contributed by atoms with Crippen LogP contribution in [0.25, 0.3) is 17.5 Å². The second kappa shape index (κ2) is 5.58. The number of nitrogens with zero attached hydrogens (tertiary/aromatic N) is 2. The van der Waals surface area contributed by atoms with E-state index in [0.29, 0.717) is 11.4 Å². The van der Waals surface area contributed by atoms with Gasteiger partial charge in [-0.05, 0) is 52.0 Å². The molecule has 2 aromatic rings. The molecule has 23 heavy (non-hydrogen) atoms. The molecule has 3 heterocycles. The van der Waals surface area contributed by atoms with E-state index in [4.69, 9.17) is 9.31 Å². The first-order valence-corrected chi connectivity index (χ1v) is 7.48. The van der Waals surface area contributed by atoms with E-state index in [-0.39, 0.29) is 0 Å². The van der Waals surface area contributed by atoms with Crippen molar-refractivity contribution in [3.05, 3.63) is 41.9 Å². The first-order chi connectivity index (χ1) is 10.8. The molecular formula is C16H19BFN3O2. The topological polar surface area (TPSA) is 60.0 Å². The summed E-state index contributed by atoms with van der Waals surface area (Å²) < 4.78 is 25.8. The summed E-state index contributed by atoms with van der Waals surface area (Å²) in [4.78, 5) is 4.21. The number of rotatable bonds is 3. The molecule has 0 unspecified atom stereocenters. The SMILES string of the molecule is CC1(C)OB(C(F)=Cc2cc(-c3ccccn3)n[nH]2)OC1(C)C. The molecule has 0 aliphatic carbocycles. The van der Waals surface area contributed by atoms with E-state index >= 15 is 0 Å². The van der Waals surface area contributed by atoms with Crippen molar-refractivity contribution in [1.82, 2.24) is 15.2 Å². The van der Waals surface area contributed by atoms with E-state index in [2.05, 4.69) is 15.2 Å². The minimum Gasteiger partial charge on any atom is -0.398 e. The highest BCUT2D eigenvalue weighted by atomic mass is 19.1. The maximum absolute atomic E-state index is 14.4. The first-order valence-electron chi connectivity index (χ1n) is 7.48. The van der Waals surface area contributed by atoms with Gasteiger partial charge in [0.25, 0.3) is 0 Å². The van der Waals surface area contributed by atoms with Crippen molar-refractivity contribution in [2.45, 2.75) is 38.9 Å². The molecule has 3 rings (SSSR count). The van der Waals surface area contributed by atoms with Gasteiger partial charge in [-0.15, -0.1) is 0 Å². The van der Waals surface area contributed by atoms with Gasteiger partial charge in [-0.2, -0.15) is 5.10 Å². The largest absolute Gasteiger partial charge is 0.525 e. The molecule has 5 nitrogen and oxygen atoms in total. The zero-order chi connectivity index (χ0) is 16.7. The Hall–Kier alpha value is -1.99. The molecule has 2 aromatic heterocycles. The van der Waals surface area contributed by atoms with Crippen molar-refractivity contribution in [2.24, 2.45) is 0 Å². The number of nitrogens with one attached hydrogen (secondary N) is 1. The molecule has 7 heteroatoms. The Kier molecular flexibility index (Phi) is 3.86. The highest BCUT2D eigenvalue weighted by Gasteiger charge is 2.53. The summed E-state index contributed by atoms with van der Waals surface area (Å²) in [6.45, 7) is 7.54. The molecule has 120 valence electrons. The minimum atomic E-state index is -1.01. The summed E-state index contributed by atoms with van der Waals surface area (Å²) >= 11 is 0.